The molecular weight excluding hydrogens is 228 g/mol. The summed E-state index contributed by atoms with van der Waals surface area (Å²) in [7, 11) is 0. The van der Waals surface area contributed by atoms with Crippen LogP contribution in [0.2, 0.25) is 0 Å². The van der Waals surface area contributed by atoms with Crippen molar-refractivity contribution in [3.63, 3.8) is 0 Å². The lowest BCUT2D eigenvalue weighted by atomic mass is 10.3. The van der Waals surface area contributed by atoms with Gasteiger partial charge in [0.25, 0.3) is 0 Å². The Bertz CT molecular complexity index is 261. The molecule has 0 saturated heterocycles. The molecule has 98 valence electrons. The van der Waals surface area contributed by atoms with Crippen molar-refractivity contribution in [2.24, 2.45) is 0 Å². The SMILES string of the molecule is CCOC(=O)CCOC(=O)CCC(=O)OCC. The van der Waals surface area contributed by atoms with E-state index in [1.807, 2.05) is 0 Å². The molecule has 0 unspecified atom stereocenters. The molecule has 0 bridgehead atoms. The van der Waals surface area contributed by atoms with Gasteiger partial charge in [-0.1, -0.05) is 0 Å². The Labute approximate surface area is 100 Å². The molecule has 0 aliphatic rings. The maximum Gasteiger partial charge on any atom is 0.309 e. The van der Waals surface area contributed by atoms with Crippen molar-refractivity contribution in [3.05, 3.63) is 0 Å². The average Bonchev–Trinajstić information content (AvgIpc) is 2.27. The van der Waals surface area contributed by atoms with Crippen molar-refractivity contribution in [1.82, 2.24) is 0 Å². The van der Waals surface area contributed by atoms with Crippen LogP contribution < -0.4 is 0 Å². The highest BCUT2D eigenvalue weighted by Crippen LogP contribution is 1.97. The maximum absolute atomic E-state index is 11.1. The summed E-state index contributed by atoms with van der Waals surface area (Å²) in [5, 5.41) is 0. The molecule has 17 heavy (non-hydrogen) atoms. The van der Waals surface area contributed by atoms with Crippen LogP contribution in [-0.4, -0.2) is 37.7 Å². The fourth-order valence-corrected chi connectivity index (χ4v) is 0.991. The smallest absolute Gasteiger partial charge is 0.309 e. The molecule has 0 saturated carbocycles. The van der Waals surface area contributed by atoms with Crippen LogP contribution in [0.25, 0.3) is 0 Å². The molecule has 0 aromatic carbocycles. The van der Waals surface area contributed by atoms with Gasteiger partial charge >= 0.3 is 17.9 Å². The van der Waals surface area contributed by atoms with Crippen LogP contribution in [0.3, 0.4) is 0 Å². The van der Waals surface area contributed by atoms with Crippen molar-refractivity contribution < 1.29 is 28.6 Å². The van der Waals surface area contributed by atoms with Gasteiger partial charge in [-0.25, -0.2) is 0 Å². The summed E-state index contributed by atoms with van der Waals surface area (Å²) in [6.45, 7) is 3.95. The van der Waals surface area contributed by atoms with Crippen molar-refractivity contribution in [2.75, 3.05) is 19.8 Å². The lowest BCUT2D eigenvalue weighted by Gasteiger charge is -2.04. The second kappa shape index (κ2) is 9.62. The third-order valence-electron chi connectivity index (χ3n) is 1.71. The minimum Gasteiger partial charge on any atom is -0.466 e. The molecule has 0 radical (unpaired) electrons. The average molecular weight is 246 g/mol. The Kier molecular flexibility index (Phi) is 8.72. The minimum atomic E-state index is -0.526. The van der Waals surface area contributed by atoms with Gasteiger partial charge in [0.1, 0.15) is 6.61 Å². The summed E-state index contributed by atoms with van der Waals surface area (Å²) >= 11 is 0. The molecule has 0 rings (SSSR count). The highest BCUT2D eigenvalue weighted by atomic mass is 16.5. The summed E-state index contributed by atoms with van der Waals surface area (Å²) in [5.74, 6) is -1.37. The molecule has 0 aliphatic heterocycles. The highest BCUT2D eigenvalue weighted by molar-refractivity contribution is 5.77. The summed E-state index contributed by atoms with van der Waals surface area (Å²) in [5.41, 5.74) is 0. The van der Waals surface area contributed by atoms with Gasteiger partial charge in [-0.15, -0.1) is 0 Å². The Balaban J connectivity index is 3.53. The first kappa shape index (κ1) is 15.4. The lowest BCUT2D eigenvalue weighted by molar-refractivity contribution is -0.152. The molecule has 6 nitrogen and oxygen atoms in total. The topological polar surface area (TPSA) is 78.9 Å². The molecule has 0 atom stereocenters. The molecule has 0 aromatic rings. The van der Waals surface area contributed by atoms with Gasteiger partial charge in [-0.05, 0) is 13.8 Å². The predicted molar refractivity (Wildman–Crippen MR) is 58.1 cm³/mol. The van der Waals surface area contributed by atoms with E-state index in [0.717, 1.165) is 0 Å². The number of carbonyl (C=O) groups is 3. The van der Waals surface area contributed by atoms with E-state index < -0.39 is 17.9 Å². The van der Waals surface area contributed by atoms with Crippen LogP contribution in [0.4, 0.5) is 0 Å². The Morgan fingerprint density at radius 3 is 1.59 bits per heavy atom. The normalized spacial score (nSPS) is 9.53. The van der Waals surface area contributed by atoms with Crippen molar-refractivity contribution in [2.45, 2.75) is 33.1 Å². The molecule has 0 aromatic heterocycles. The molecular formula is C11H18O6. The first-order chi connectivity index (χ1) is 8.10. The third-order valence-corrected chi connectivity index (χ3v) is 1.71. The number of hydrogen-bond acceptors (Lipinski definition) is 6. The fourth-order valence-electron chi connectivity index (χ4n) is 0.991. The van der Waals surface area contributed by atoms with E-state index in [4.69, 9.17) is 4.74 Å². The number of esters is 3. The van der Waals surface area contributed by atoms with Crippen LogP contribution in [0.15, 0.2) is 0 Å². The van der Waals surface area contributed by atoms with Crippen molar-refractivity contribution in [3.8, 4) is 0 Å². The largest absolute Gasteiger partial charge is 0.466 e. The third kappa shape index (κ3) is 9.35. The Morgan fingerprint density at radius 2 is 1.12 bits per heavy atom. The summed E-state index contributed by atoms with van der Waals surface area (Å²) in [6, 6.07) is 0. The zero-order valence-electron chi connectivity index (χ0n) is 10.2. The zero-order chi connectivity index (χ0) is 13.1. The monoisotopic (exact) mass is 246 g/mol. The number of carbonyl (C=O) groups excluding carboxylic acids is 3. The summed E-state index contributed by atoms with van der Waals surface area (Å²) in [6.07, 6.45) is -0.0211. The van der Waals surface area contributed by atoms with Gasteiger partial charge in [0.05, 0.1) is 32.5 Å². The first-order valence-electron chi connectivity index (χ1n) is 5.57. The van der Waals surface area contributed by atoms with Crippen LogP contribution in [0.1, 0.15) is 33.1 Å². The van der Waals surface area contributed by atoms with Gasteiger partial charge in [0.15, 0.2) is 0 Å². The minimum absolute atomic E-state index is 0.00786. The van der Waals surface area contributed by atoms with Crippen molar-refractivity contribution >= 4 is 17.9 Å². The van der Waals surface area contributed by atoms with E-state index in [2.05, 4.69) is 9.47 Å². The lowest BCUT2D eigenvalue weighted by Crippen LogP contribution is -2.13. The Morgan fingerprint density at radius 1 is 0.706 bits per heavy atom. The molecule has 0 heterocycles. The maximum atomic E-state index is 11.1. The zero-order valence-corrected chi connectivity index (χ0v) is 10.2. The van der Waals surface area contributed by atoms with Gasteiger partial charge < -0.3 is 14.2 Å². The summed E-state index contributed by atoms with van der Waals surface area (Å²) < 4.78 is 14.0. The first-order valence-corrected chi connectivity index (χ1v) is 5.57. The number of ether oxygens (including phenoxy) is 3. The van der Waals surface area contributed by atoms with E-state index in [0.29, 0.717) is 6.61 Å². The van der Waals surface area contributed by atoms with Gasteiger partial charge in [-0.2, -0.15) is 0 Å². The quantitative estimate of drug-likeness (QED) is 0.466. The van der Waals surface area contributed by atoms with Gasteiger partial charge in [0, 0.05) is 0 Å². The number of rotatable bonds is 8. The fraction of sp³-hybridized carbons (Fsp3) is 0.727. The van der Waals surface area contributed by atoms with Gasteiger partial charge in [0.2, 0.25) is 0 Å². The molecule has 0 N–H and O–H groups in total. The predicted octanol–water partition coefficient (Wildman–Crippen LogP) is 0.826. The van der Waals surface area contributed by atoms with Gasteiger partial charge in [-0.3, -0.25) is 14.4 Å². The Hall–Kier alpha value is -1.59. The van der Waals surface area contributed by atoms with E-state index >= 15 is 0 Å². The second-order valence-corrected chi connectivity index (χ2v) is 3.08. The highest BCUT2D eigenvalue weighted by Gasteiger charge is 2.09. The van der Waals surface area contributed by atoms with E-state index in [1.54, 1.807) is 13.8 Å². The van der Waals surface area contributed by atoms with E-state index in [1.165, 1.54) is 0 Å². The summed E-state index contributed by atoms with van der Waals surface area (Å²) in [4.78, 5) is 32.9. The second-order valence-electron chi connectivity index (χ2n) is 3.08. The van der Waals surface area contributed by atoms with Crippen LogP contribution >= 0.6 is 0 Å². The molecule has 0 amide bonds. The standard InChI is InChI=1S/C11H18O6/c1-3-15-9(12)5-6-10(13)17-8-7-11(14)16-4-2/h3-8H2,1-2H3. The van der Waals surface area contributed by atoms with Crippen LogP contribution in [0.5, 0.6) is 0 Å². The van der Waals surface area contributed by atoms with Crippen LogP contribution in [-0.2, 0) is 28.6 Å². The molecule has 6 heteroatoms. The van der Waals surface area contributed by atoms with Crippen LogP contribution in [0, 0.1) is 0 Å². The van der Waals surface area contributed by atoms with E-state index in [9.17, 15) is 14.4 Å². The molecule has 0 fully saturated rings. The van der Waals surface area contributed by atoms with Crippen molar-refractivity contribution in [1.29, 1.82) is 0 Å². The number of hydrogen-bond donors (Lipinski definition) is 0. The molecule has 0 aliphatic carbocycles. The van der Waals surface area contributed by atoms with E-state index in [-0.39, 0.29) is 32.5 Å². The molecule has 0 spiro atoms.